The summed E-state index contributed by atoms with van der Waals surface area (Å²) >= 11 is 0. The SMILES string of the molecule is COCCCN(CC(=O)N(Cc1ccccc1)Cc1ccco1)S(=O)(=O)c1ccc([N+](=O)[O-])cc1. The number of hydrogen-bond acceptors (Lipinski definition) is 7. The molecular formula is C24H27N3O7S. The average molecular weight is 502 g/mol. The van der Waals surface area contributed by atoms with Crippen molar-refractivity contribution in [1.29, 1.82) is 0 Å². The van der Waals surface area contributed by atoms with E-state index >= 15 is 0 Å². The zero-order valence-electron chi connectivity index (χ0n) is 19.3. The first kappa shape index (κ1) is 26.1. The monoisotopic (exact) mass is 501 g/mol. The second-order valence-corrected chi connectivity index (χ2v) is 9.69. The zero-order chi connectivity index (χ0) is 25.3. The Hall–Kier alpha value is -3.54. The first-order valence-electron chi connectivity index (χ1n) is 10.9. The van der Waals surface area contributed by atoms with E-state index in [1.807, 2.05) is 30.3 Å². The van der Waals surface area contributed by atoms with Gasteiger partial charge in [-0.25, -0.2) is 8.42 Å². The summed E-state index contributed by atoms with van der Waals surface area (Å²) in [7, 11) is -2.60. The minimum Gasteiger partial charge on any atom is -0.467 e. The molecule has 0 aliphatic heterocycles. The minimum atomic E-state index is -4.10. The summed E-state index contributed by atoms with van der Waals surface area (Å²) in [5, 5.41) is 10.9. The van der Waals surface area contributed by atoms with Gasteiger partial charge >= 0.3 is 0 Å². The van der Waals surface area contributed by atoms with Gasteiger partial charge in [0.05, 0.1) is 29.2 Å². The van der Waals surface area contributed by atoms with E-state index in [1.54, 1.807) is 12.1 Å². The summed E-state index contributed by atoms with van der Waals surface area (Å²) in [6, 6.07) is 17.4. The molecule has 1 heterocycles. The molecule has 3 rings (SSSR count). The van der Waals surface area contributed by atoms with Crippen LogP contribution in [0.1, 0.15) is 17.7 Å². The third-order valence-electron chi connectivity index (χ3n) is 5.25. The van der Waals surface area contributed by atoms with Crippen molar-refractivity contribution in [3.8, 4) is 0 Å². The van der Waals surface area contributed by atoms with Crippen LogP contribution in [0.3, 0.4) is 0 Å². The van der Waals surface area contributed by atoms with Gasteiger partial charge in [-0.15, -0.1) is 0 Å². The van der Waals surface area contributed by atoms with E-state index in [9.17, 15) is 23.3 Å². The highest BCUT2D eigenvalue weighted by Gasteiger charge is 2.29. The number of nitrogens with zero attached hydrogens (tertiary/aromatic N) is 3. The summed E-state index contributed by atoms with van der Waals surface area (Å²) in [6.07, 6.45) is 1.88. The molecule has 0 fully saturated rings. The minimum absolute atomic E-state index is 0.0405. The first-order valence-corrected chi connectivity index (χ1v) is 12.3. The van der Waals surface area contributed by atoms with Crippen LogP contribution >= 0.6 is 0 Å². The lowest BCUT2D eigenvalue weighted by Crippen LogP contribution is -2.43. The van der Waals surface area contributed by atoms with E-state index in [1.165, 1.54) is 30.4 Å². The van der Waals surface area contributed by atoms with Crippen LogP contribution in [0.15, 0.2) is 82.3 Å². The normalized spacial score (nSPS) is 11.5. The fourth-order valence-electron chi connectivity index (χ4n) is 3.44. The standard InChI is InChI=1S/C24H27N3O7S/c1-33-15-6-14-26(35(31,32)23-12-10-21(11-13-23)27(29)30)19-24(28)25(18-22-9-5-16-34-22)17-20-7-3-2-4-8-20/h2-5,7-13,16H,6,14-15,17-19H2,1H3. The van der Waals surface area contributed by atoms with Crippen molar-refractivity contribution in [2.45, 2.75) is 24.4 Å². The molecule has 0 aliphatic carbocycles. The van der Waals surface area contributed by atoms with Crippen LogP contribution in [0.25, 0.3) is 0 Å². The molecule has 2 aromatic carbocycles. The number of nitro groups is 1. The van der Waals surface area contributed by atoms with E-state index < -0.39 is 27.4 Å². The van der Waals surface area contributed by atoms with Crippen LogP contribution in [0.2, 0.25) is 0 Å². The third kappa shape index (κ3) is 7.22. The van der Waals surface area contributed by atoms with Gasteiger partial charge < -0.3 is 14.1 Å². The van der Waals surface area contributed by atoms with Crippen molar-refractivity contribution in [3.05, 3.63) is 94.4 Å². The van der Waals surface area contributed by atoms with Crippen molar-refractivity contribution in [3.63, 3.8) is 0 Å². The Kier molecular flexibility index (Phi) is 9.12. The molecule has 0 saturated heterocycles. The summed E-state index contributed by atoms with van der Waals surface area (Å²) in [5.41, 5.74) is 0.662. The van der Waals surface area contributed by atoms with Gasteiger partial charge in [-0.3, -0.25) is 14.9 Å². The quantitative estimate of drug-likeness (QED) is 0.200. The second kappa shape index (κ2) is 12.2. The van der Waals surface area contributed by atoms with Gasteiger partial charge in [0.2, 0.25) is 15.9 Å². The highest BCUT2D eigenvalue weighted by atomic mass is 32.2. The van der Waals surface area contributed by atoms with E-state index in [0.29, 0.717) is 18.8 Å². The van der Waals surface area contributed by atoms with Gasteiger partial charge in [-0.2, -0.15) is 4.31 Å². The molecule has 0 aliphatic rings. The molecule has 0 radical (unpaired) electrons. The number of methoxy groups -OCH3 is 1. The number of ether oxygens (including phenoxy) is 1. The number of carbonyl (C=O) groups is 1. The van der Waals surface area contributed by atoms with Gasteiger partial charge in [0, 0.05) is 38.9 Å². The summed E-state index contributed by atoms with van der Waals surface area (Å²) < 4.78 is 38.3. The smallest absolute Gasteiger partial charge is 0.269 e. The highest BCUT2D eigenvalue weighted by Crippen LogP contribution is 2.21. The van der Waals surface area contributed by atoms with E-state index in [2.05, 4.69) is 0 Å². The Bertz CT molecular complexity index is 1200. The molecule has 10 nitrogen and oxygen atoms in total. The number of amides is 1. The Morgan fingerprint density at radius 2 is 1.74 bits per heavy atom. The Morgan fingerprint density at radius 3 is 2.34 bits per heavy atom. The van der Waals surface area contributed by atoms with Gasteiger partial charge in [-0.05, 0) is 36.2 Å². The Balaban J connectivity index is 1.85. The molecule has 0 saturated carbocycles. The number of hydrogen-bond donors (Lipinski definition) is 0. The maximum absolute atomic E-state index is 13.4. The number of sulfonamides is 1. The topological polar surface area (TPSA) is 123 Å². The number of non-ortho nitro benzene ring substituents is 1. The van der Waals surface area contributed by atoms with Gasteiger partial charge in [-0.1, -0.05) is 30.3 Å². The van der Waals surface area contributed by atoms with Crippen molar-refractivity contribution in [2.24, 2.45) is 0 Å². The molecule has 0 atom stereocenters. The number of furan rings is 1. The van der Waals surface area contributed by atoms with Crippen LogP contribution < -0.4 is 0 Å². The number of rotatable bonds is 13. The molecule has 0 unspecified atom stereocenters. The molecule has 0 spiro atoms. The molecule has 3 aromatic rings. The fraction of sp³-hybridized carbons (Fsp3) is 0.292. The maximum Gasteiger partial charge on any atom is 0.269 e. The molecule has 186 valence electrons. The molecule has 1 aromatic heterocycles. The molecule has 11 heteroatoms. The summed E-state index contributed by atoms with van der Waals surface area (Å²) in [4.78, 5) is 25.1. The molecule has 1 amide bonds. The van der Waals surface area contributed by atoms with Crippen LogP contribution in [-0.2, 0) is 32.6 Å². The maximum atomic E-state index is 13.4. The predicted molar refractivity (Wildman–Crippen MR) is 128 cm³/mol. The van der Waals surface area contributed by atoms with Gasteiger partial charge in [0.15, 0.2) is 0 Å². The van der Waals surface area contributed by atoms with Gasteiger partial charge in [0.1, 0.15) is 5.76 Å². The lowest BCUT2D eigenvalue weighted by atomic mass is 10.2. The van der Waals surface area contributed by atoms with Gasteiger partial charge in [0.25, 0.3) is 5.69 Å². The van der Waals surface area contributed by atoms with Crippen molar-refractivity contribution < 1.29 is 27.3 Å². The van der Waals surface area contributed by atoms with E-state index in [0.717, 1.165) is 22.0 Å². The third-order valence-corrected chi connectivity index (χ3v) is 7.11. The van der Waals surface area contributed by atoms with Crippen LogP contribution in [0.5, 0.6) is 0 Å². The predicted octanol–water partition coefficient (Wildman–Crippen LogP) is 3.44. The second-order valence-electron chi connectivity index (χ2n) is 7.75. The highest BCUT2D eigenvalue weighted by molar-refractivity contribution is 7.89. The number of nitro benzene ring substituents is 1. The van der Waals surface area contributed by atoms with Crippen molar-refractivity contribution >= 4 is 21.6 Å². The van der Waals surface area contributed by atoms with E-state index in [4.69, 9.17) is 9.15 Å². The van der Waals surface area contributed by atoms with Crippen molar-refractivity contribution in [1.82, 2.24) is 9.21 Å². The fourth-order valence-corrected chi connectivity index (χ4v) is 4.86. The molecule has 0 bridgehead atoms. The summed E-state index contributed by atoms with van der Waals surface area (Å²) in [6.45, 7) is 0.379. The van der Waals surface area contributed by atoms with E-state index in [-0.39, 0.29) is 30.2 Å². The first-order chi connectivity index (χ1) is 16.8. The molecule has 0 N–H and O–H groups in total. The van der Waals surface area contributed by atoms with Crippen LogP contribution in [0.4, 0.5) is 5.69 Å². The Morgan fingerprint density at radius 1 is 1.03 bits per heavy atom. The van der Waals surface area contributed by atoms with Crippen LogP contribution in [0, 0.1) is 10.1 Å². The summed E-state index contributed by atoms with van der Waals surface area (Å²) in [5.74, 6) is 0.159. The average Bonchev–Trinajstić information content (AvgIpc) is 3.37. The lowest BCUT2D eigenvalue weighted by Gasteiger charge is -2.27. The largest absolute Gasteiger partial charge is 0.467 e. The Labute approximate surface area is 203 Å². The lowest BCUT2D eigenvalue weighted by molar-refractivity contribution is -0.384. The zero-order valence-corrected chi connectivity index (χ0v) is 20.1. The molecular weight excluding hydrogens is 474 g/mol. The van der Waals surface area contributed by atoms with Crippen LogP contribution in [-0.4, -0.2) is 55.3 Å². The number of benzene rings is 2. The number of carbonyl (C=O) groups excluding carboxylic acids is 1. The van der Waals surface area contributed by atoms with Crippen molar-refractivity contribution in [2.75, 3.05) is 26.8 Å². The molecule has 35 heavy (non-hydrogen) atoms.